The summed E-state index contributed by atoms with van der Waals surface area (Å²) < 4.78 is 5.87. The fourth-order valence-corrected chi connectivity index (χ4v) is 5.20. The number of furan rings is 1. The number of benzene rings is 1. The number of hydrogen-bond acceptors (Lipinski definition) is 5. The average Bonchev–Trinajstić information content (AvgIpc) is 3.33. The summed E-state index contributed by atoms with van der Waals surface area (Å²) in [5.74, 6) is 0.131. The Morgan fingerprint density at radius 2 is 1.97 bits per heavy atom. The molecular formula is C21H15ClN2O4S. The number of hydrogen-bond donors (Lipinski definition) is 2. The minimum atomic E-state index is -1.11. The highest BCUT2D eigenvalue weighted by atomic mass is 35.5. The molecule has 1 aliphatic rings. The summed E-state index contributed by atoms with van der Waals surface area (Å²) in [6.45, 7) is 0. The van der Waals surface area contributed by atoms with E-state index in [0.717, 1.165) is 36.1 Å². The first-order valence-electron chi connectivity index (χ1n) is 9.19. The number of nitrogens with zero attached hydrogens (tertiary/aromatic N) is 1. The lowest BCUT2D eigenvalue weighted by Gasteiger charge is -2.09. The maximum absolute atomic E-state index is 12.7. The van der Waals surface area contributed by atoms with Gasteiger partial charge in [0, 0.05) is 10.4 Å². The van der Waals surface area contributed by atoms with Crippen LogP contribution in [0.3, 0.4) is 0 Å². The van der Waals surface area contributed by atoms with Gasteiger partial charge >= 0.3 is 5.97 Å². The van der Waals surface area contributed by atoms with Crippen LogP contribution in [0, 0.1) is 0 Å². The molecule has 1 aromatic carbocycles. The van der Waals surface area contributed by atoms with Crippen LogP contribution in [0.2, 0.25) is 5.02 Å². The maximum Gasteiger partial charge on any atom is 0.337 e. The van der Waals surface area contributed by atoms with E-state index in [4.69, 9.17) is 16.0 Å². The summed E-state index contributed by atoms with van der Waals surface area (Å²) in [7, 11) is 0. The van der Waals surface area contributed by atoms with Gasteiger partial charge in [0.25, 0.3) is 5.56 Å². The van der Waals surface area contributed by atoms with Crippen LogP contribution in [0.1, 0.15) is 33.6 Å². The monoisotopic (exact) mass is 426 g/mol. The van der Waals surface area contributed by atoms with E-state index in [1.165, 1.54) is 17.0 Å². The largest absolute Gasteiger partial charge is 0.478 e. The standard InChI is InChI=1S/C21H15ClN2O4S/c22-13-6-5-10(9-12(13)21(26)27)14-7-8-15(28-14)18-23-19(25)17-11-3-1-2-4-16(11)29-20(17)24-18/h5-9H,1-4H2,(H,26,27)(H,23,24,25). The van der Waals surface area contributed by atoms with Crippen molar-refractivity contribution in [2.75, 3.05) is 0 Å². The van der Waals surface area contributed by atoms with Gasteiger partial charge in [-0.1, -0.05) is 11.6 Å². The number of fused-ring (bicyclic) bond motifs is 3. The van der Waals surface area contributed by atoms with E-state index in [2.05, 4.69) is 9.97 Å². The maximum atomic E-state index is 12.7. The highest BCUT2D eigenvalue weighted by Gasteiger charge is 2.21. The number of rotatable bonds is 3. The van der Waals surface area contributed by atoms with Gasteiger partial charge in [-0.3, -0.25) is 4.79 Å². The molecule has 2 N–H and O–H groups in total. The van der Waals surface area contributed by atoms with Gasteiger partial charge in [0.2, 0.25) is 0 Å². The number of thiophene rings is 1. The second kappa shape index (κ2) is 6.86. The van der Waals surface area contributed by atoms with E-state index in [9.17, 15) is 14.7 Å². The summed E-state index contributed by atoms with van der Waals surface area (Å²) in [6.07, 6.45) is 4.16. The lowest BCUT2D eigenvalue weighted by molar-refractivity contribution is 0.0697. The molecule has 0 unspecified atom stereocenters. The summed E-state index contributed by atoms with van der Waals surface area (Å²) in [6, 6.07) is 8.09. The van der Waals surface area contributed by atoms with E-state index < -0.39 is 5.97 Å². The smallest absolute Gasteiger partial charge is 0.337 e. The van der Waals surface area contributed by atoms with E-state index in [-0.39, 0.29) is 16.1 Å². The van der Waals surface area contributed by atoms with Crippen molar-refractivity contribution in [1.29, 1.82) is 0 Å². The Morgan fingerprint density at radius 1 is 1.17 bits per heavy atom. The van der Waals surface area contributed by atoms with Crippen LogP contribution >= 0.6 is 22.9 Å². The normalized spacial score (nSPS) is 13.6. The molecule has 0 saturated heterocycles. The van der Waals surface area contributed by atoms with Crippen molar-refractivity contribution in [3.05, 3.63) is 61.7 Å². The van der Waals surface area contributed by atoms with E-state index in [0.29, 0.717) is 28.3 Å². The van der Waals surface area contributed by atoms with Gasteiger partial charge in [-0.25, -0.2) is 9.78 Å². The Balaban J connectivity index is 1.57. The molecule has 0 fully saturated rings. The van der Waals surface area contributed by atoms with Crippen molar-refractivity contribution >= 4 is 39.1 Å². The quantitative estimate of drug-likeness (QED) is 0.472. The van der Waals surface area contributed by atoms with Gasteiger partial charge in [-0.05, 0) is 61.6 Å². The average molecular weight is 427 g/mol. The zero-order valence-corrected chi connectivity index (χ0v) is 16.7. The molecule has 146 valence electrons. The van der Waals surface area contributed by atoms with Gasteiger partial charge in [0.05, 0.1) is 16.0 Å². The van der Waals surface area contributed by atoms with Crippen molar-refractivity contribution in [3.63, 3.8) is 0 Å². The highest BCUT2D eigenvalue weighted by Crippen LogP contribution is 2.35. The molecule has 29 heavy (non-hydrogen) atoms. The minimum Gasteiger partial charge on any atom is -0.478 e. The number of carboxylic acid groups (broad SMARTS) is 1. The van der Waals surface area contributed by atoms with Crippen molar-refractivity contribution < 1.29 is 14.3 Å². The number of nitrogens with one attached hydrogen (secondary N) is 1. The third-order valence-electron chi connectivity index (χ3n) is 5.15. The van der Waals surface area contributed by atoms with Crippen LogP contribution in [0.5, 0.6) is 0 Å². The third kappa shape index (κ3) is 3.07. The number of carboxylic acids is 1. The molecule has 8 heteroatoms. The van der Waals surface area contributed by atoms with Crippen molar-refractivity contribution in [2.24, 2.45) is 0 Å². The summed E-state index contributed by atoms with van der Waals surface area (Å²) >= 11 is 7.52. The Labute approximate surface area is 173 Å². The SMILES string of the molecule is O=C(O)c1cc(-c2ccc(-c3nc4sc5c(c4c(=O)[nH]3)CCCC5)o2)ccc1Cl. The molecule has 3 aromatic heterocycles. The van der Waals surface area contributed by atoms with Gasteiger partial charge in [0.1, 0.15) is 10.6 Å². The first kappa shape index (κ1) is 18.1. The number of H-pyrrole nitrogens is 1. The fraction of sp³-hybridized carbons (Fsp3) is 0.190. The Morgan fingerprint density at radius 3 is 2.79 bits per heavy atom. The van der Waals surface area contributed by atoms with Gasteiger partial charge in [0.15, 0.2) is 11.6 Å². The van der Waals surface area contributed by atoms with Crippen molar-refractivity contribution in [2.45, 2.75) is 25.7 Å². The molecule has 1 aliphatic carbocycles. The Hall–Kier alpha value is -2.90. The molecule has 0 atom stereocenters. The fourth-order valence-electron chi connectivity index (χ4n) is 3.74. The van der Waals surface area contributed by atoms with Crippen LogP contribution in [-0.2, 0) is 12.8 Å². The van der Waals surface area contributed by atoms with Gasteiger partial charge in [-0.15, -0.1) is 11.3 Å². The number of aryl methyl sites for hydroxylation is 2. The Bertz CT molecular complexity index is 1330. The molecule has 4 aromatic rings. The summed E-state index contributed by atoms with van der Waals surface area (Å²) in [4.78, 5) is 33.5. The number of aromatic carboxylic acids is 1. The number of halogens is 1. The van der Waals surface area contributed by atoms with E-state index in [1.807, 2.05) is 0 Å². The molecule has 0 radical (unpaired) electrons. The Kier molecular flexibility index (Phi) is 4.29. The van der Waals surface area contributed by atoms with Crippen LogP contribution in [-0.4, -0.2) is 21.0 Å². The molecule has 6 nitrogen and oxygen atoms in total. The zero-order chi connectivity index (χ0) is 20.1. The van der Waals surface area contributed by atoms with Crippen LogP contribution in [0.25, 0.3) is 33.1 Å². The second-order valence-electron chi connectivity index (χ2n) is 6.97. The molecular weight excluding hydrogens is 412 g/mol. The molecule has 0 bridgehead atoms. The highest BCUT2D eigenvalue weighted by molar-refractivity contribution is 7.18. The molecule has 3 heterocycles. The third-order valence-corrected chi connectivity index (χ3v) is 6.66. The van der Waals surface area contributed by atoms with E-state index in [1.54, 1.807) is 29.5 Å². The minimum absolute atomic E-state index is 0.000709. The lowest BCUT2D eigenvalue weighted by atomic mass is 9.97. The summed E-state index contributed by atoms with van der Waals surface area (Å²) in [5.41, 5.74) is 1.56. The van der Waals surface area contributed by atoms with Crippen LogP contribution < -0.4 is 5.56 Å². The van der Waals surface area contributed by atoms with E-state index >= 15 is 0 Å². The van der Waals surface area contributed by atoms with Crippen LogP contribution in [0.15, 0.2) is 39.5 Å². The molecule has 0 saturated carbocycles. The molecule has 0 spiro atoms. The van der Waals surface area contributed by atoms with Gasteiger partial charge in [-0.2, -0.15) is 0 Å². The second-order valence-corrected chi connectivity index (χ2v) is 8.46. The first-order chi connectivity index (χ1) is 14.0. The first-order valence-corrected chi connectivity index (χ1v) is 10.4. The lowest BCUT2D eigenvalue weighted by Crippen LogP contribution is -2.11. The molecule has 0 amide bonds. The van der Waals surface area contributed by atoms with Gasteiger partial charge < -0.3 is 14.5 Å². The topological polar surface area (TPSA) is 96.2 Å². The predicted octanol–water partition coefficient (Wildman–Crippen LogP) is 5.14. The van der Waals surface area contributed by atoms with Crippen LogP contribution in [0.4, 0.5) is 0 Å². The van der Waals surface area contributed by atoms with Crippen molar-refractivity contribution in [1.82, 2.24) is 9.97 Å². The predicted molar refractivity (Wildman–Crippen MR) is 112 cm³/mol. The molecule has 0 aliphatic heterocycles. The zero-order valence-electron chi connectivity index (χ0n) is 15.1. The number of carbonyl (C=O) groups is 1. The number of aromatic nitrogens is 2. The number of aromatic amines is 1. The molecule has 5 rings (SSSR count). The summed E-state index contributed by atoms with van der Waals surface area (Å²) in [5, 5.41) is 10.1. The van der Waals surface area contributed by atoms with Crippen molar-refractivity contribution in [3.8, 4) is 22.9 Å².